The van der Waals surface area contributed by atoms with Crippen molar-refractivity contribution in [2.75, 3.05) is 6.61 Å². The SMILES string of the molecule is O=C(c1ccccc1)C(CCC(C(=O)O)C(=O)c1ccccc1)COO. The maximum absolute atomic E-state index is 12.5. The van der Waals surface area contributed by atoms with Crippen molar-refractivity contribution in [2.24, 2.45) is 11.8 Å². The van der Waals surface area contributed by atoms with Gasteiger partial charge in [-0.05, 0) is 12.8 Å². The molecule has 0 bridgehead atoms. The molecule has 0 amide bonds. The van der Waals surface area contributed by atoms with Crippen molar-refractivity contribution in [3.05, 3.63) is 71.8 Å². The van der Waals surface area contributed by atoms with Crippen molar-refractivity contribution in [1.29, 1.82) is 0 Å². The fraction of sp³-hybridized carbons (Fsp3) is 0.250. The highest BCUT2D eigenvalue weighted by molar-refractivity contribution is 6.08. The molecule has 6 heteroatoms. The van der Waals surface area contributed by atoms with Gasteiger partial charge < -0.3 is 5.11 Å². The number of rotatable bonds is 10. The smallest absolute Gasteiger partial charge is 0.314 e. The number of carboxylic acid groups (broad SMARTS) is 1. The minimum Gasteiger partial charge on any atom is -0.481 e. The number of ketones is 2. The molecule has 0 aliphatic carbocycles. The van der Waals surface area contributed by atoms with Gasteiger partial charge in [-0.15, -0.1) is 0 Å². The van der Waals surface area contributed by atoms with E-state index in [1.54, 1.807) is 60.7 Å². The second-order valence-electron chi connectivity index (χ2n) is 5.92. The summed E-state index contributed by atoms with van der Waals surface area (Å²) in [5.41, 5.74) is 0.750. The Hall–Kier alpha value is -2.83. The molecule has 2 atom stereocenters. The third kappa shape index (κ3) is 5.08. The van der Waals surface area contributed by atoms with Crippen molar-refractivity contribution in [2.45, 2.75) is 12.8 Å². The average Bonchev–Trinajstić information content (AvgIpc) is 2.67. The van der Waals surface area contributed by atoms with Gasteiger partial charge in [0, 0.05) is 17.0 Å². The maximum Gasteiger partial charge on any atom is 0.314 e. The number of hydrogen-bond donors (Lipinski definition) is 2. The van der Waals surface area contributed by atoms with Crippen molar-refractivity contribution in [3.8, 4) is 0 Å². The lowest BCUT2D eigenvalue weighted by Crippen LogP contribution is -2.27. The minimum atomic E-state index is -1.26. The van der Waals surface area contributed by atoms with Gasteiger partial charge in [0.15, 0.2) is 11.6 Å². The van der Waals surface area contributed by atoms with Gasteiger partial charge in [-0.1, -0.05) is 60.7 Å². The summed E-state index contributed by atoms with van der Waals surface area (Å²) in [6.45, 7) is -0.264. The van der Waals surface area contributed by atoms with Crippen LogP contribution in [-0.4, -0.2) is 34.5 Å². The van der Waals surface area contributed by atoms with Crippen LogP contribution in [0.1, 0.15) is 33.6 Å². The molecule has 0 aliphatic rings. The molecule has 2 rings (SSSR count). The van der Waals surface area contributed by atoms with Gasteiger partial charge >= 0.3 is 5.97 Å². The number of Topliss-reactive ketones (excluding diaryl/α,β-unsaturated/α-hetero) is 2. The lowest BCUT2D eigenvalue weighted by atomic mass is 9.87. The van der Waals surface area contributed by atoms with Crippen LogP contribution in [0.25, 0.3) is 0 Å². The Bertz CT molecular complexity index is 741. The zero-order valence-electron chi connectivity index (χ0n) is 14.1. The van der Waals surface area contributed by atoms with Crippen LogP contribution in [0.2, 0.25) is 0 Å². The van der Waals surface area contributed by atoms with E-state index in [0.29, 0.717) is 11.1 Å². The molecular weight excluding hydrogens is 336 g/mol. The van der Waals surface area contributed by atoms with Gasteiger partial charge in [0.05, 0.1) is 6.61 Å². The Morgan fingerprint density at radius 2 is 1.31 bits per heavy atom. The van der Waals surface area contributed by atoms with E-state index in [4.69, 9.17) is 5.26 Å². The summed E-state index contributed by atoms with van der Waals surface area (Å²) in [5, 5.41) is 18.2. The largest absolute Gasteiger partial charge is 0.481 e. The minimum absolute atomic E-state index is 0.0321. The predicted molar refractivity (Wildman–Crippen MR) is 94.0 cm³/mol. The molecule has 26 heavy (non-hydrogen) atoms. The van der Waals surface area contributed by atoms with Gasteiger partial charge in [0.25, 0.3) is 0 Å². The summed E-state index contributed by atoms with van der Waals surface area (Å²) >= 11 is 0. The second kappa shape index (κ2) is 9.60. The molecule has 6 nitrogen and oxygen atoms in total. The molecule has 0 saturated carbocycles. The summed E-state index contributed by atoms with van der Waals surface area (Å²) in [5.74, 6) is -4.02. The summed E-state index contributed by atoms with van der Waals surface area (Å²) < 4.78 is 0. The van der Waals surface area contributed by atoms with Crippen molar-refractivity contribution in [1.82, 2.24) is 0 Å². The first kappa shape index (κ1) is 19.5. The highest BCUT2D eigenvalue weighted by Gasteiger charge is 2.30. The number of carbonyl (C=O) groups is 3. The van der Waals surface area contributed by atoms with Crippen LogP contribution in [0.3, 0.4) is 0 Å². The van der Waals surface area contributed by atoms with Crippen molar-refractivity contribution >= 4 is 17.5 Å². The van der Waals surface area contributed by atoms with Crippen molar-refractivity contribution < 1.29 is 29.6 Å². The van der Waals surface area contributed by atoms with Gasteiger partial charge in [0.2, 0.25) is 0 Å². The summed E-state index contributed by atoms with van der Waals surface area (Å²) in [4.78, 5) is 40.7. The Morgan fingerprint density at radius 1 is 0.808 bits per heavy atom. The zero-order valence-corrected chi connectivity index (χ0v) is 14.1. The Morgan fingerprint density at radius 3 is 1.77 bits per heavy atom. The predicted octanol–water partition coefficient (Wildman–Crippen LogP) is 3.34. The molecule has 136 valence electrons. The highest BCUT2D eigenvalue weighted by atomic mass is 17.1. The molecule has 0 aliphatic heterocycles. The van der Waals surface area contributed by atoms with Gasteiger partial charge in [-0.2, -0.15) is 0 Å². The lowest BCUT2D eigenvalue weighted by Gasteiger charge is -2.17. The monoisotopic (exact) mass is 356 g/mol. The van der Waals surface area contributed by atoms with E-state index in [9.17, 15) is 19.5 Å². The third-order valence-electron chi connectivity index (χ3n) is 4.18. The molecule has 0 heterocycles. The molecule has 0 saturated heterocycles. The maximum atomic E-state index is 12.5. The van der Waals surface area contributed by atoms with Crippen LogP contribution < -0.4 is 0 Å². The molecule has 0 aromatic heterocycles. The number of carboxylic acids is 1. The van der Waals surface area contributed by atoms with Crippen LogP contribution in [-0.2, 0) is 9.68 Å². The Labute approximate surface area is 151 Å². The Kier molecular flexibility index (Phi) is 7.20. The average molecular weight is 356 g/mol. The fourth-order valence-electron chi connectivity index (χ4n) is 2.76. The third-order valence-corrected chi connectivity index (χ3v) is 4.18. The standard InChI is InChI=1S/C20H20O6/c21-18(14-7-3-1-4-8-14)16(13-26-25)11-12-17(20(23)24)19(22)15-9-5-2-6-10-15/h1-10,16-17,25H,11-13H2,(H,23,24). The molecule has 2 unspecified atom stereocenters. The van der Waals surface area contributed by atoms with Gasteiger partial charge in [0.1, 0.15) is 5.92 Å². The van der Waals surface area contributed by atoms with E-state index in [2.05, 4.69) is 4.89 Å². The summed E-state index contributed by atoms with van der Waals surface area (Å²) in [7, 11) is 0. The molecule has 0 fully saturated rings. The van der Waals surface area contributed by atoms with Crippen LogP contribution in [0.15, 0.2) is 60.7 Å². The zero-order chi connectivity index (χ0) is 18.9. The van der Waals surface area contributed by atoms with E-state index in [0.717, 1.165) is 0 Å². The summed E-state index contributed by atoms with van der Waals surface area (Å²) in [6, 6.07) is 16.6. The molecular formula is C20H20O6. The number of hydrogen-bond acceptors (Lipinski definition) is 5. The van der Waals surface area contributed by atoms with Crippen LogP contribution in [0, 0.1) is 11.8 Å². The first-order valence-corrected chi connectivity index (χ1v) is 8.22. The fourth-order valence-corrected chi connectivity index (χ4v) is 2.76. The van der Waals surface area contributed by atoms with E-state index >= 15 is 0 Å². The summed E-state index contributed by atoms with van der Waals surface area (Å²) in [6.07, 6.45) is 0.0689. The highest BCUT2D eigenvalue weighted by Crippen LogP contribution is 2.21. The first-order chi connectivity index (χ1) is 12.5. The van der Waals surface area contributed by atoms with E-state index in [1.165, 1.54) is 0 Å². The van der Waals surface area contributed by atoms with E-state index < -0.39 is 23.6 Å². The van der Waals surface area contributed by atoms with Crippen LogP contribution in [0.4, 0.5) is 0 Å². The molecule has 0 radical (unpaired) electrons. The first-order valence-electron chi connectivity index (χ1n) is 8.22. The topological polar surface area (TPSA) is 101 Å². The van der Waals surface area contributed by atoms with Gasteiger partial charge in [-0.25, -0.2) is 4.89 Å². The molecule has 2 aromatic rings. The molecule has 2 N–H and O–H groups in total. The number of carbonyl (C=O) groups excluding carboxylic acids is 2. The number of benzene rings is 2. The van der Waals surface area contributed by atoms with Crippen molar-refractivity contribution in [3.63, 3.8) is 0 Å². The Balaban J connectivity index is 2.11. The van der Waals surface area contributed by atoms with E-state index in [-0.39, 0.29) is 25.2 Å². The normalized spacial score (nSPS) is 13.0. The van der Waals surface area contributed by atoms with Crippen LogP contribution in [0.5, 0.6) is 0 Å². The second-order valence-corrected chi connectivity index (χ2v) is 5.92. The van der Waals surface area contributed by atoms with Crippen LogP contribution >= 0.6 is 0 Å². The molecule has 0 spiro atoms. The molecule has 2 aromatic carbocycles. The lowest BCUT2D eigenvalue weighted by molar-refractivity contribution is -0.248. The van der Waals surface area contributed by atoms with Gasteiger partial charge in [-0.3, -0.25) is 19.6 Å². The quantitative estimate of drug-likeness (QED) is 0.293. The van der Waals surface area contributed by atoms with E-state index in [1.807, 2.05) is 0 Å². The number of aliphatic carboxylic acids is 1.